The Labute approximate surface area is 180 Å². The van der Waals surface area contributed by atoms with Gasteiger partial charge in [-0.05, 0) is 35.7 Å². The van der Waals surface area contributed by atoms with Crippen molar-refractivity contribution in [1.82, 2.24) is 4.98 Å². The third-order valence-electron chi connectivity index (χ3n) is 5.12. The average molecular weight is 416 g/mol. The Hall–Kier alpha value is -3.87. The first-order valence-electron chi connectivity index (χ1n) is 10.1. The fraction of sp³-hybridized carbons (Fsp3) is 0.208. The number of nitrogens with two attached hydrogens (primary N) is 1. The molecule has 3 N–H and O–H groups in total. The van der Waals surface area contributed by atoms with Crippen molar-refractivity contribution in [2.45, 2.75) is 25.9 Å². The minimum Gasteiger partial charge on any atom is -0.472 e. The van der Waals surface area contributed by atoms with E-state index in [0.717, 1.165) is 0 Å². The average Bonchev–Trinajstić information content (AvgIpc) is 2.76. The maximum atomic E-state index is 13.2. The molecule has 0 fully saturated rings. The van der Waals surface area contributed by atoms with Crippen LogP contribution in [0.3, 0.4) is 0 Å². The van der Waals surface area contributed by atoms with E-state index in [4.69, 9.17) is 10.5 Å². The first kappa shape index (κ1) is 20.4. The number of amides is 2. The van der Waals surface area contributed by atoms with Gasteiger partial charge in [0.1, 0.15) is 12.4 Å². The summed E-state index contributed by atoms with van der Waals surface area (Å²) >= 11 is 0. The lowest BCUT2D eigenvalue weighted by Crippen LogP contribution is -2.45. The number of nitrogens with zero attached hydrogens (tertiary/aromatic N) is 2. The maximum Gasteiger partial charge on any atom is 0.274 e. The molecule has 7 heteroatoms. The zero-order valence-electron chi connectivity index (χ0n) is 17.4. The lowest BCUT2D eigenvalue weighted by Gasteiger charge is -2.33. The summed E-state index contributed by atoms with van der Waals surface area (Å²) in [6.45, 7) is 4.01. The van der Waals surface area contributed by atoms with Gasteiger partial charge in [-0.2, -0.15) is 0 Å². The highest BCUT2D eigenvalue weighted by molar-refractivity contribution is 6.06. The number of rotatable bonds is 5. The van der Waals surface area contributed by atoms with Crippen LogP contribution in [-0.2, 0) is 9.59 Å². The lowest BCUT2D eigenvalue weighted by atomic mass is 10.0. The van der Waals surface area contributed by atoms with E-state index < -0.39 is 6.10 Å². The molecule has 4 rings (SSSR count). The summed E-state index contributed by atoms with van der Waals surface area (Å²) in [5, 5.41) is 2.84. The van der Waals surface area contributed by atoms with Gasteiger partial charge in [-0.15, -0.1) is 0 Å². The summed E-state index contributed by atoms with van der Waals surface area (Å²) in [6.07, 6.45) is -0.864. The van der Waals surface area contributed by atoms with Gasteiger partial charge >= 0.3 is 0 Å². The highest BCUT2D eigenvalue weighted by atomic mass is 16.5. The molecule has 0 saturated heterocycles. The second-order valence-corrected chi connectivity index (χ2v) is 7.72. The molecule has 1 unspecified atom stereocenters. The Morgan fingerprint density at radius 2 is 1.81 bits per heavy atom. The van der Waals surface area contributed by atoms with Gasteiger partial charge in [0, 0.05) is 11.3 Å². The molecule has 3 aromatic rings. The van der Waals surface area contributed by atoms with Gasteiger partial charge < -0.3 is 15.8 Å². The van der Waals surface area contributed by atoms with Crippen LogP contribution in [0.5, 0.6) is 5.75 Å². The Bertz CT molecular complexity index is 1100. The van der Waals surface area contributed by atoms with Crippen LogP contribution in [-0.4, -0.2) is 23.3 Å². The molecule has 0 bridgehead atoms. The number of nitrogen functional groups attached to an aromatic ring is 1. The highest BCUT2D eigenvalue weighted by Gasteiger charge is 2.37. The number of hydrogen-bond acceptors (Lipinski definition) is 5. The van der Waals surface area contributed by atoms with Gasteiger partial charge in [0.05, 0.1) is 0 Å². The van der Waals surface area contributed by atoms with Crippen LogP contribution >= 0.6 is 0 Å². The van der Waals surface area contributed by atoms with E-state index in [1.807, 2.05) is 54.6 Å². The van der Waals surface area contributed by atoms with Crippen molar-refractivity contribution in [2.24, 2.45) is 0 Å². The van der Waals surface area contributed by atoms with Crippen molar-refractivity contribution < 1.29 is 14.3 Å². The van der Waals surface area contributed by atoms with Gasteiger partial charge in [-0.3, -0.25) is 14.5 Å². The lowest BCUT2D eigenvalue weighted by molar-refractivity contribution is -0.128. The molecule has 2 heterocycles. The van der Waals surface area contributed by atoms with E-state index in [9.17, 15) is 9.59 Å². The van der Waals surface area contributed by atoms with E-state index in [-0.39, 0.29) is 30.0 Å². The maximum absolute atomic E-state index is 13.2. The zero-order valence-corrected chi connectivity index (χ0v) is 17.4. The second-order valence-electron chi connectivity index (χ2n) is 7.72. The molecule has 1 atom stereocenters. The summed E-state index contributed by atoms with van der Waals surface area (Å²) in [4.78, 5) is 31.6. The number of fused-ring (bicyclic) bond motifs is 1. The molecular weight excluding hydrogens is 392 g/mol. The molecule has 1 aliphatic rings. The third kappa shape index (κ3) is 4.35. The Morgan fingerprint density at radius 3 is 2.48 bits per heavy atom. The highest BCUT2D eigenvalue weighted by Crippen LogP contribution is 2.38. The van der Waals surface area contributed by atoms with E-state index in [0.29, 0.717) is 22.9 Å². The van der Waals surface area contributed by atoms with Crippen molar-refractivity contribution >= 4 is 29.1 Å². The molecule has 31 heavy (non-hydrogen) atoms. The molecular formula is C24H24N4O3. The minimum absolute atomic E-state index is 0.207. The first-order chi connectivity index (χ1) is 14.9. The molecule has 1 aliphatic heterocycles. The van der Waals surface area contributed by atoms with Crippen LogP contribution in [0.4, 0.5) is 17.3 Å². The van der Waals surface area contributed by atoms with E-state index in [1.165, 1.54) is 10.5 Å². The van der Waals surface area contributed by atoms with Crippen LogP contribution in [0.15, 0.2) is 66.7 Å². The number of pyridine rings is 1. The predicted molar refractivity (Wildman–Crippen MR) is 120 cm³/mol. The molecule has 0 radical (unpaired) electrons. The van der Waals surface area contributed by atoms with Crippen molar-refractivity contribution in [3.8, 4) is 5.75 Å². The van der Waals surface area contributed by atoms with Gasteiger partial charge in [0.15, 0.2) is 11.6 Å². The number of benzene rings is 2. The zero-order chi connectivity index (χ0) is 22.0. The molecule has 2 amide bonds. The Morgan fingerprint density at radius 1 is 1.10 bits per heavy atom. The Balaban J connectivity index is 1.58. The summed E-state index contributed by atoms with van der Waals surface area (Å²) in [7, 11) is 0. The second kappa shape index (κ2) is 8.47. The number of aromatic nitrogens is 1. The summed E-state index contributed by atoms with van der Waals surface area (Å²) in [5.41, 5.74) is 8.37. The summed E-state index contributed by atoms with van der Waals surface area (Å²) in [5.74, 6) is 0.567. The van der Waals surface area contributed by atoms with Gasteiger partial charge in [-0.25, -0.2) is 4.98 Å². The number of carbonyl (C=O) groups excluding carboxylic acids is 2. The number of nitrogens with one attached hydrogen (secondary N) is 1. The molecule has 0 spiro atoms. The van der Waals surface area contributed by atoms with Crippen LogP contribution in [0, 0.1) is 0 Å². The van der Waals surface area contributed by atoms with Crippen molar-refractivity contribution in [3.63, 3.8) is 0 Å². The van der Waals surface area contributed by atoms with Gasteiger partial charge in [0.2, 0.25) is 12.0 Å². The molecule has 2 aromatic carbocycles. The molecule has 0 saturated carbocycles. The van der Waals surface area contributed by atoms with E-state index in [2.05, 4.69) is 24.1 Å². The van der Waals surface area contributed by atoms with Crippen LogP contribution < -0.4 is 20.7 Å². The number of hydrogen-bond donors (Lipinski definition) is 2. The molecule has 1 aromatic heterocycles. The number of ether oxygens (including phenoxy) is 1. The quantitative estimate of drug-likeness (QED) is 0.658. The predicted octanol–water partition coefficient (Wildman–Crippen LogP) is 3.89. The largest absolute Gasteiger partial charge is 0.472 e. The summed E-state index contributed by atoms with van der Waals surface area (Å²) in [6, 6.07) is 20.1. The smallest absolute Gasteiger partial charge is 0.274 e. The standard InChI is InChI=1S/C24H24N4O3/c1-15(2)16-8-10-18(11-9-16)26-21(29)14-28-23-19(12-13-20(25)27-23)31-22(24(28)30)17-6-4-3-5-7-17/h3-13,15,22H,14H2,1-2H3,(H2,25,27)(H,26,29). The van der Waals surface area contributed by atoms with Crippen molar-refractivity contribution in [3.05, 3.63) is 77.9 Å². The Kier molecular flexibility index (Phi) is 5.58. The van der Waals surface area contributed by atoms with Crippen LogP contribution in [0.25, 0.3) is 0 Å². The topological polar surface area (TPSA) is 97.5 Å². The van der Waals surface area contributed by atoms with E-state index in [1.54, 1.807) is 12.1 Å². The number of anilines is 3. The SMILES string of the molecule is CC(C)c1ccc(NC(=O)CN2C(=O)C(c3ccccc3)Oc3ccc(N)nc32)cc1. The van der Waals surface area contributed by atoms with Crippen molar-refractivity contribution in [2.75, 3.05) is 22.5 Å². The monoisotopic (exact) mass is 416 g/mol. The first-order valence-corrected chi connectivity index (χ1v) is 10.1. The number of carbonyl (C=O) groups is 2. The fourth-order valence-electron chi connectivity index (χ4n) is 3.45. The van der Waals surface area contributed by atoms with Crippen LogP contribution in [0.2, 0.25) is 0 Å². The van der Waals surface area contributed by atoms with Gasteiger partial charge in [0.25, 0.3) is 5.91 Å². The molecule has 0 aliphatic carbocycles. The minimum atomic E-state index is -0.864. The van der Waals surface area contributed by atoms with Gasteiger partial charge in [-0.1, -0.05) is 56.3 Å². The molecule has 158 valence electrons. The van der Waals surface area contributed by atoms with E-state index >= 15 is 0 Å². The fourth-order valence-corrected chi connectivity index (χ4v) is 3.45. The van der Waals surface area contributed by atoms with Crippen molar-refractivity contribution in [1.29, 1.82) is 0 Å². The normalized spacial score (nSPS) is 15.4. The summed E-state index contributed by atoms with van der Waals surface area (Å²) < 4.78 is 5.91. The van der Waals surface area contributed by atoms with Crippen LogP contribution in [0.1, 0.15) is 37.0 Å². The molecule has 7 nitrogen and oxygen atoms in total. The third-order valence-corrected chi connectivity index (χ3v) is 5.12.